The Labute approximate surface area is 158 Å². The average Bonchev–Trinajstić information content (AvgIpc) is 2.57. The molecule has 0 bridgehead atoms. The number of halogens is 2. The van der Waals surface area contributed by atoms with Gasteiger partial charge in [-0.05, 0) is 49.7 Å². The molecule has 1 aliphatic heterocycles. The molecule has 3 rings (SSSR count). The van der Waals surface area contributed by atoms with E-state index in [0.29, 0.717) is 28.8 Å². The van der Waals surface area contributed by atoms with E-state index in [4.69, 9.17) is 23.2 Å². The van der Waals surface area contributed by atoms with Crippen LogP contribution in [-0.2, 0) is 0 Å². The van der Waals surface area contributed by atoms with Crippen molar-refractivity contribution in [2.24, 2.45) is 0 Å². The zero-order valence-corrected chi connectivity index (χ0v) is 15.8. The monoisotopic (exact) mass is 377 g/mol. The number of carbonyl (C=O) groups is 1. The van der Waals surface area contributed by atoms with Crippen LogP contribution in [0, 0.1) is 6.92 Å². The van der Waals surface area contributed by atoms with Crippen LogP contribution in [0.3, 0.4) is 0 Å². The third kappa shape index (κ3) is 4.20. The molecule has 4 nitrogen and oxygen atoms in total. The zero-order chi connectivity index (χ0) is 18.0. The van der Waals surface area contributed by atoms with Gasteiger partial charge in [0.1, 0.15) is 0 Å². The number of nitrogens with zero attached hydrogens (tertiary/aromatic N) is 2. The third-order valence-electron chi connectivity index (χ3n) is 4.42. The number of benzene rings is 2. The topological polar surface area (TPSA) is 35.6 Å². The molecule has 6 heteroatoms. The van der Waals surface area contributed by atoms with E-state index in [0.717, 1.165) is 6.54 Å². The second-order valence-electron chi connectivity index (χ2n) is 6.38. The molecular formula is C19H21Cl2N3O. The average molecular weight is 378 g/mol. The molecule has 1 N–H and O–H groups in total. The first kappa shape index (κ1) is 17.9. The largest absolute Gasteiger partial charge is 0.365 e. The number of anilines is 2. The van der Waals surface area contributed by atoms with Crippen molar-refractivity contribution in [3.05, 3.63) is 58.1 Å². The summed E-state index contributed by atoms with van der Waals surface area (Å²) in [5.74, 6) is 0. The fourth-order valence-corrected chi connectivity index (χ4v) is 3.57. The zero-order valence-electron chi connectivity index (χ0n) is 14.3. The Morgan fingerprint density at radius 3 is 2.64 bits per heavy atom. The number of piperazine rings is 1. The predicted octanol–water partition coefficient (Wildman–Crippen LogP) is 5.04. The van der Waals surface area contributed by atoms with Crippen LogP contribution in [0.25, 0.3) is 0 Å². The summed E-state index contributed by atoms with van der Waals surface area (Å²) in [5, 5.41) is 3.85. The van der Waals surface area contributed by atoms with Gasteiger partial charge < -0.3 is 15.1 Å². The molecule has 1 fully saturated rings. The number of hydrogen-bond donors (Lipinski definition) is 1. The number of carbonyl (C=O) groups excluding carboxylic acids is 1. The van der Waals surface area contributed by atoms with Crippen molar-refractivity contribution in [3.8, 4) is 0 Å². The molecular weight excluding hydrogens is 357 g/mol. The number of aryl methyl sites for hydroxylation is 1. The Morgan fingerprint density at radius 1 is 1.16 bits per heavy atom. The fourth-order valence-electron chi connectivity index (χ4n) is 3.12. The van der Waals surface area contributed by atoms with Crippen molar-refractivity contribution in [1.29, 1.82) is 0 Å². The molecule has 2 aromatic rings. The number of hydrogen-bond acceptors (Lipinski definition) is 2. The highest BCUT2D eigenvalue weighted by atomic mass is 35.5. The maximum absolute atomic E-state index is 12.6. The first-order valence-corrected chi connectivity index (χ1v) is 9.04. The smallest absolute Gasteiger partial charge is 0.322 e. The lowest BCUT2D eigenvalue weighted by atomic mass is 10.1. The van der Waals surface area contributed by atoms with Crippen molar-refractivity contribution in [2.45, 2.75) is 19.9 Å². The molecule has 1 atom stereocenters. The molecule has 2 aromatic carbocycles. The quantitative estimate of drug-likeness (QED) is 0.794. The van der Waals surface area contributed by atoms with Gasteiger partial charge in [-0.1, -0.05) is 35.3 Å². The molecule has 132 valence electrons. The lowest BCUT2D eigenvalue weighted by Gasteiger charge is -2.41. The second kappa shape index (κ2) is 7.54. The van der Waals surface area contributed by atoms with Gasteiger partial charge in [0, 0.05) is 36.4 Å². The van der Waals surface area contributed by atoms with Crippen molar-refractivity contribution in [1.82, 2.24) is 4.90 Å². The Bertz CT molecular complexity index is 781. The highest BCUT2D eigenvalue weighted by Gasteiger charge is 2.27. The third-order valence-corrected chi connectivity index (χ3v) is 4.97. The Balaban J connectivity index is 1.65. The van der Waals surface area contributed by atoms with Crippen molar-refractivity contribution >= 4 is 40.6 Å². The highest BCUT2D eigenvalue weighted by molar-refractivity contribution is 6.36. The van der Waals surface area contributed by atoms with Crippen LogP contribution in [0.15, 0.2) is 42.5 Å². The SMILES string of the molecule is Cc1cccc(N2CCN(C(=O)Nc3ccc(Cl)cc3Cl)CC2C)c1. The van der Waals surface area contributed by atoms with E-state index in [1.54, 1.807) is 18.2 Å². The maximum atomic E-state index is 12.6. The van der Waals surface area contributed by atoms with Crippen molar-refractivity contribution in [2.75, 3.05) is 29.9 Å². The second-order valence-corrected chi connectivity index (χ2v) is 7.23. The molecule has 2 amide bonds. The van der Waals surface area contributed by atoms with Crippen LogP contribution < -0.4 is 10.2 Å². The van der Waals surface area contributed by atoms with E-state index in [2.05, 4.69) is 48.3 Å². The molecule has 0 aromatic heterocycles. The van der Waals surface area contributed by atoms with Crippen LogP contribution in [0.2, 0.25) is 10.0 Å². The summed E-state index contributed by atoms with van der Waals surface area (Å²) in [6.45, 7) is 6.34. The molecule has 0 saturated carbocycles. The van der Waals surface area contributed by atoms with E-state index in [-0.39, 0.29) is 12.1 Å². The lowest BCUT2D eigenvalue weighted by molar-refractivity contribution is 0.200. The lowest BCUT2D eigenvalue weighted by Crippen LogP contribution is -2.54. The maximum Gasteiger partial charge on any atom is 0.322 e. The summed E-state index contributed by atoms with van der Waals surface area (Å²) in [4.78, 5) is 16.7. The Kier molecular flexibility index (Phi) is 5.40. The molecule has 1 heterocycles. The number of urea groups is 1. The van der Waals surface area contributed by atoms with Gasteiger partial charge in [-0.25, -0.2) is 4.79 Å². The van der Waals surface area contributed by atoms with Crippen LogP contribution in [0.5, 0.6) is 0 Å². The first-order valence-electron chi connectivity index (χ1n) is 8.28. The first-order chi connectivity index (χ1) is 11.9. The highest BCUT2D eigenvalue weighted by Crippen LogP contribution is 2.26. The molecule has 0 aliphatic carbocycles. The molecule has 1 aliphatic rings. The molecule has 0 radical (unpaired) electrons. The van der Waals surface area contributed by atoms with Gasteiger partial charge in [-0.3, -0.25) is 0 Å². The molecule has 25 heavy (non-hydrogen) atoms. The van der Waals surface area contributed by atoms with E-state index in [1.807, 2.05) is 4.90 Å². The van der Waals surface area contributed by atoms with E-state index < -0.39 is 0 Å². The summed E-state index contributed by atoms with van der Waals surface area (Å²) in [7, 11) is 0. The number of rotatable bonds is 2. The normalized spacial score (nSPS) is 17.5. The van der Waals surface area contributed by atoms with E-state index in [1.165, 1.54) is 11.3 Å². The van der Waals surface area contributed by atoms with Gasteiger partial charge in [0.2, 0.25) is 0 Å². The van der Waals surface area contributed by atoms with Crippen LogP contribution in [-0.4, -0.2) is 36.6 Å². The van der Waals surface area contributed by atoms with Crippen LogP contribution in [0.4, 0.5) is 16.2 Å². The Morgan fingerprint density at radius 2 is 1.96 bits per heavy atom. The standard InChI is InChI=1S/C19H21Cl2N3O/c1-13-4-3-5-16(10-13)24-9-8-23(12-14(24)2)19(25)22-18-7-6-15(20)11-17(18)21/h3-7,10-11,14H,8-9,12H2,1-2H3,(H,22,25). The minimum absolute atomic E-state index is 0.139. The minimum Gasteiger partial charge on any atom is -0.365 e. The molecule has 1 unspecified atom stereocenters. The molecule has 0 spiro atoms. The van der Waals surface area contributed by atoms with Crippen molar-refractivity contribution < 1.29 is 4.79 Å². The van der Waals surface area contributed by atoms with Gasteiger partial charge in [-0.2, -0.15) is 0 Å². The summed E-state index contributed by atoms with van der Waals surface area (Å²) in [6.07, 6.45) is 0. The summed E-state index contributed by atoms with van der Waals surface area (Å²) in [6, 6.07) is 13.6. The number of amides is 2. The summed E-state index contributed by atoms with van der Waals surface area (Å²) < 4.78 is 0. The fraction of sp³-hybridized carbons (Fsp3) is 0.316. The van der Waals surface area contributed by atoms with Gasteiger partial charge in [-0.15, -0.1) is 0 Å². The van der Waals surface area contributed by atoms with Crippen molar-refractivity contribution in [3.63, 3.8) is 0 Å². The summed E-state index contributed by atoms with van der Waals surface area (Å²) in [5.41, 5.74) is 3.01. The van der Waals surface area contributed by atoms with Crippen LogP contribution in [0.1, 0.15) is 12.5 Å². The molecule has 1 saturated heterocycles. The number of nitrogens with one attached hydrogen (secondary N) is 1. The van der Waals surface area contributed by atoms with E-state index in [9.17, 15) is 4.79 Å². The predicted molar refractivity (Wildman–Crippen MR) is 105 cm³/mol. The van der Waals surface area contributed by atoms with Crippen LogP contribution >= 0.6 is 23.2 Å². The van der Waals surface area contributed by atoms with Gasteiger partial charge in [0.25, 0.3) is 0 Å². The van der Waals surface area contributed by atoms with E-state index >= 15 is 0 Å². The van der Waals surface area contributed by atoms with Gasteiger partial charge >= 0.3 is 6.03 Å². The minimum atomic E-state index is -0.139. The summed E-state index contributed by atoms with van der Waals surface area (Å²) >= 11 is 12.0. The van der Waals surface area contributed by atoms with Gasteiger partial charge in [0.15, 0.2) is 0 Å². The Hall–Kier alpha value is -1.91. The van der Waals surface area contributed by atoms with Gasteiger partial charge in [0.05, 0.1) is 10.7 Å².